The Labute approximate surface area is 173 Å². The van der Waals surface area contributed by atoms with Gasteiger partial charge in [0.25, 0.3) is 0 Å². The fourth-order valence-corrected chi connectivity index (χ4v) is 4.67. The number of nitrogens with one attached hydrogen (secondary N) is 1. The van der Waals surface area contributed by atoms with E-state index in [0.717, 1.165) is 29.8 Å². The zero-order valence-electron chi connectivity index (χ0n) is 17.0. The van der Waals surface area contributed by atoms with Crippen molar-refractivity contribution in [3.8, 4) is 5.75 Å². The molecule has 158 valence electrons. The highest BCUT2D eigenvalue weighted by atomic mass is 19.1. The number of nitrogens with zero attached hydrogens (tertiary/aromatic N) is 3. The average Bonchev–Trinajstić information content (AvgIpc) is 3.18. The van der Waals surface area contributed by atoms with Crippen molar-refractivity contribution in [1.82, 2.24) is 19.9 Å². The average molecular weight is 412 g/mol. The number of fused-ring (bicyclic) bond motifs is 2. The quantitative estimate of drug-likeness (QED) is 0.609. The van der Waals surface area contributed by atoms with Crippen molar-refractivity contribution >= 4 is 11.0 Å². The van der Waals surface area contributed by atoms with E-state index in [1.54, 1.807) is 11.5 Å². The number of halogens is 1. The SMILES string of the molecule is Cc1cc2c(c(O[C@H]3C[C@@H](n4cc(F)c5cnc(C)nc54)[C@H](O)[C@@H]3O)c1)CNCC2. The maximum absolute atomic E-state index is 14.4. The van der Waals surface area contributed by atoms with E-state index < -0.39 is 30.2 Å². The molecule has 1 aromatic carbocycles. The molecule has 0 bridgehead atoms. The Morgan fingerprint density at radius 1 is 1.23 bits per heavy atom. The monoisotopic (exact) mass is 412 g/mol. The Morgan fingerprint density at radius 3 is 2.90 bits per heavy atom. The van der Waals surface area contributed by atoms with Crippen LogP contribution in [0.1, 0.15) is 35.0 Å². The zero-order valence-corrected chi connectivity index (χ0v) is 17.0. The summed E-state index contributed by atoms with van der Waals surface area (Å²) in [4.78, 5) is 8.40. The molecule has 2 aromatic heterocycles. The molecule has 0 unspecified atom stereocenters. The topological polar surface area (TPSA) is 92.4 Å². The van der Waals surface area contributed by atoms with Gasteiger partial charge in [0.2, 0.25) is 0 Å². The van der Waals surface area contributed by atoms with E-state index in [0.29, 0.717) is 29.8 Å². The zero-order chi connectivity index (χ0) is 21.0. The van der Waals surface area contributed by atoms with Crippen LogP contribution in [0.3, 0.4) is 0 Å². The van der Waals surface area contributed by atoms with Gasteiger partial charge in [-0.1, -0.05) is 6.07 Å². The number of aliphatic hydroxyl groups excluding tert-OH is 2. The predicted molar refractivity (Wildman–Crippen MR) is 109 cm³/mol. The third-order valence-electron chi connectivity index (χ3n) is 6.20. The minimum atomic E-state index is -1.10. The van der Waals surface area contributed by atoms with Gasteiger partial charge in [0, 0.05) is 30.9 Å². The Balaban J connectivity index is 1.47. The molecular weight excluding hydrogens is 387 g/mol. The van der Waals surface area contributed by atoms with E-state index in [9.17, 15) is 14.6 Å². The summed E-state index contributed by atoms with van der Waals surface area (Å²) in [5.41, 5.74) is 3.85. The maximum Gasteiger partial charge on any atom is 0.151 e. The molecule has 3 heterocycles. The van der Waals surface area contributed by atoms with Crippen LogP contribution in [0.2, 0.25) is 0 Å². The molecule has 2 aliphatic rings. The van der Waals surface area contributed by atoms with Gasteiger partial charge in [-0.3, -0.25) is 0 Å². The summed E-state index contributed by atoms with van der Waals surface area (Å²) < 4.78 is 22.3. The number of ether oxygens (including phenoxy) is 1. The van der Waals surface area contributed by atoms with E-state index >= 15 is 0 Å². The molecule has 0 amide bonds. The minimum Gasteiger partial charge on any atom is -0.487 e. The summed E-state index contributed by atoms with van der Waals surface area (Å²) >= 11 is 0. The van der Waals surface area contributed by atoms with Crippen LogP contribution >= 0.6 is 0 Å². The number of hydrogen-bond donors (Lipinski definition) is 3. The van der Waals surface area contributed by atoms with E-state index in [4.69, 9.17) is 4.74 Å². The lowest BCUT2D eigenvalue weighted by Crippen LogP contribution is -2.35. The third-order valence-corrected chi connectivity index (χ3v) is 6.20. The highest BCUT2D eigenvalue weighted by molar-refractivity contribution is 5.76. The molecule has 1 aliphatic heterocycles. The first-order valence-corrected chi connectivity index (χ1v) is 10.3. The van der Waals surface area contributed by atoms with Crippen molar-refractivity contribution < 1.29 is 19.3 Å². The largest absolute Gasteiger partial charge is 0.487 e. The summed E-state index contributed by atoms with van der Waals surface area (Å²) in [6.07, 6.45) is 1.23. The van der Waals surface area contributed by atoms with Crippen LogP contribution in [0.5, 0.6) is 5.75 Å². The van der Waals surface area contributed by atoms with Gasteiger partial charge in [0.1, 0.15) is 35.5 Å². The summed E-state index contributed by atoms with van der Waals surface area (Å²) in [5, 5.41) is 25.1. The van der Waals surface area contributed by atoms with Crippen molar-refractivity contribution in [2.24, 2.45) is 0 Å². The Bertz CT molecular complexity index is 1120. The van der Waals surface area contributed by atoms with Gasteiger partial charge < -0.3 is 24.8 Å². The van der Waals surface area contributed by atoms with E-state index in [2.05, 4.69) is 21.4 Å². The normalized spacial score (nSPS) is 26.2. The van der Waals surface area contributed by atoms with Gasteiger partial charge >= 0.3 is 0 Å². The number of aromatic nitrogens is 3. The van der Waals surface area contributed by atoms with Crippen LogP contribution in [-0.4, -0.2) is 49.6 Å². The van der Waals surface area contributed by atoms with Crippen LogP contribution in [-0.2, 0) is 13.0 Å². The van der Waals surface area contributed by atoms with Gasteiger partial charge in [0.15, 0.2) is 5.82 Å². The number of benzene rings is 1. The Kier molecular flexibility index (Phi) is 4.72. The highest BCUT2D eigenvalue weighted by Crippen LogP contribution is 2.38. The highest BCUT2D eigenvalue weighted by Gasteiger charge is 2.45. The molecule has 4 atom stereocenters. The second kappa shape index (κ2) is 7.30. The van der Waals surface area contributed by atoms with Gasteiger partial charge in [0.05, 0.1) is 11.4 Å². The third kappa shape index (κ3) is 3.15. The van der Waals surface area contributed by atoms with E-state index in [1.165, 1.54) is 18.0 Å². The van der Waals surface area contributed by atoms with Crippen molar-refractivity contribution in [2.75, 3.05) is 6.54 Å². The Morgan fingerprint density at radius 2 is 2.07 bits per heavy atom. The van der Waals surface area contributed by atoms with Crippen molar-refractivity contribution in [1.29, 1.82) is 0 Å². The summed E-state index contributed by atoms with van der Waals surface area (Å²) in [5.74, 6) is 0.798. The molecule has 3 aromatic rings. The van der Waals surface area contributed by atoms with Crippen LogP contribution in [0.15, 0.2) is 24.5 Å². The van der Waals surface area contributed by atoms with Crippen molar-refractivity contribution in [3.63, 3.8) is 0 Å². The van der Waals surface area contributed by atoms with Gasteiger partial charge in [-0.25, -0.2) is 14.4 Å². The Hall–Kier alpha value is -2.55. The molecular formula is C22H25FN4O3. The molecule has 3 N–H and O–H groups in total. The van der Waals surface area contributed by atoms with Crippen molar-refractivity contribution in [2.45, 2.75) is 57.6 Å². The number of hydrogen-bond acceptors (Lipinski definition) is 6. The van der Waals surface area contributed by atoms with Crippen LogP contribution < -0.4 is 10.1 Å². The molecule has 8 heteroatoms. The van der Waals surface area contributed by atoms with Gasteiger partial charge in [-0.2, -0.15) is 0 Å². The number of aliphatic hydroxyl groups is 2. The molecule has 7 nitrogen and oxygen atoms in total. The molecule has 1 fully saturated rings. The molecule has 1 saturated carbocycles. The molecule has 1 aliphatic carbocycles. The first-order chi connectivity index (χ1) is 14.4. The summed E-state index contributed by atoms with van der Waals surface area (Å²) in [7, 11) is 0. The maximum atomic E-state index is 14.4. The fraction of sp³-hybridized carbons (Fsp3) is 0.455. The van der Waals surface area contributed by atoms with E-state index in [-0.39, 0.29) is 0 Å². The number of rotatable bonds is 3. The lowest BCUT2D eigenvalue weighted by atomic mass is 9.97. The minimum absolute atomic E-state index is 0.297. The second-order valence-electron chi connectivity index (χ2n) is 8.31. The molecule has 0 radical (unpaired) electrons. The molecule has 0 spiro atoms. The van der Waals surface area contributed by atoms with Crippen LogP contribution in [0.4, 0.5) is 4.39 Å². The summed E-state index contributed by atoms with van der Waals surface area (Å²) in [6, 6.07) is 3.59. The molecule has 30 heavy (non-hydrogen) atoms. The smallest absolute Gasteiger partial charge is 0.151 e. The standard InChI is InChI=1S/C22H25FN4O3/c1-11-5-13-3-4-24-8-14(13)18(6-11)30-19-7-17(20(28)21(19)29)27-10-16(23)15-9-25-12(2)26-22(15)27/h5-6,9-10,17,19-21,24,28-29H,3-4,7-8H2,1-2H3/t17-,19+,20+,21-/m1/s1. The first-order valence-electron chi connectivity index (χ1n) is 10.3. The predicted octanol–water partition coefficient (Wildman–Crippen LogP) is 1.95. The summed E-state index contributed by atoms with van der Waals surface area (Å²) in [6.45, 7) is 5.39. The lowest BCUT2D eigenvalue weighted by Gasteiger charge is -2.25. The van der Waals surface area contributed by atoms with Crippen LogP contribution in [0, 0.1) is 19.7 Å². The fourth-order valence-electron chi connectivity index (χ4n) is 4.67. The number of aryl methyl sites for hydroxylation is 2. The second-order valence-corrected chi connectivity index (χ2v) is 8.31. The van der Waals surface area contributed by atoms with Gasteiger partial charge in [-0.15, -0.1) is 0 Å². The van der Waals surface area contributed by atoms with Crippen LogP contribution in [0.25, 0.3) is 11.0 Å². The lowest BCUT2D eigenvalue weighted by molar-refractivity contribution is -0.0167. The first kappa shape index (κ1) is 19.4. The molecule has 5 rings (SSSR count). The van der Waals surface area contributed by atoms with E-state index in [1.807, 2.05) is 13.0 Å². The van der Waals surface area contributed by atoms with Crippen molar-refractivity contribution in [3.05, 3.63) is 52.9 Å². The molecule has 0 saturated heterocycles. The van der Waals surface area contributed by atoms with Gasteiger partial charge in [-0.05, 0) is 44.0 Å².